The van der Waals surface area contributed by atoms with Gasteiger partial charge in [0, 0.05) is 65.7 Å². The van der Waals surface area contributed by atoms with Crippen LogP contribution < -0.4 is 0 Å². The summed E-state index contributed by atoms with van der Waals surface area (Å²) in [5.41, 5.74) is 3.22. The van der Waals surface area contributed by atoms with E-state index in [1.165, 1.54) is 5.69 Å². The molecule has 0 spiro atoms. The Kier molecular flexibility index (Phi) is 7.04. The molecule has 1 unspecified atom stereocenters. The second-order valence-corrected chi connectivity index (χ2v) is 7.47. The zero-order valence-corrected chi connectivity index (χ0v) is 17.8. The molecule has 8 heteroatoms. The van der Waals surface area contributed by atoms with Gasteiger partial charge in [0.15, 0.2) is 5.78 Å². The number of benzene rings is 1. The number of para-hydroxylation sites is 1. The number of aryl methyl sites for hydroxylation is 1. The van der Waals surface area contributed by atoms with Gasteiger partial charge in [-0.25, -0.2) is 14.6 Å². The second-order valence-electron chi connectivity index (χ2n) is 7.47. The van der Waals surface area contributed by atoms with Crippen molar-refractivity contribution in [3.05, 3.63) is 78.5 Å². The molecule has 2 heterocycles. The third-order valence-electron chi connectivity index (χ3n) is 5.45. The number of imidazole rings is 1. The van der Waals surface area contributed by atoms with Crippen LogP contribution in [0.1, 0.15) is 28.3 Å². The smallest absolute Gasteiger partial charge is 0.328 e. The number of nitrogens with zero attached hydrogens (tertiary/aromatic N) is 3. The summed E-state index contributed by atoms with van der Waals surface area (Å²) in [5.74, 6) is -1.26. The average Bonchev–Trinajstić information content (AvgIpc) is 3.31. The van der Waals surface area contributed by atoms with Crippen molar-refractivity contribution in [3.8, 4) is 0 Å². The Balaban J connectivity index is 0.000000312. The average molecular weight is 435 g/mol. The fourth-order valence-electron chi connectivity index (χ4n) is 4.03. The van der Waals surface area contributed by atoms with Gasteiger partial charge in [-0.3, -0.25) is 4.79 Å². The van der Waals surface area contributed by atoms with Crippen molar-refractivity contribution < 1.29 is 24.6 Å². The Morgan fingerprint density at radius 1 is 1.22 bits per heavy atom. The summed E-state index contributed by atoms with van der Waals surface area (Å²) in [6.45, 7) is 7.31. The number of aliphatic carboxylic acids is 2. The van der Waals surface area contributed by atoms with Crippen molar-refractivity contribution in [2.24, 2.45) is 5.92 Å². The monoisotopic (exact) mass is 435 g/mol. The lowest BCUT2D eigenvalue weighted by atomic mass is 9.85. The first-order chi connectivity index (χ1) is 15.3. The zero-order valence-electron chi connectivity index (χ0n) is 17.8. The van der Waals surface area contributed by atoms with Gasteiger partial charge in [-0.15, -0.1) is 6.58 Å². The maximum Gasteiger partial charge on any atom is 0.328 e. The van der Waals surface area contributed by atoms with Gasteiger partial charge in [0.25, 0.3) is 0 Å². The maximum absolute atomic E-state index is 13.2. The van der Waals surface area contributed by atoms with E-state index in [0.717, 1.165) is 41.7 Å². The molecule has 3 aromatic rings. The summed E-state index contributed by atoms with van der Waals surface area (Å²) < 4.78 is 4.32. The minimum Gasteiger partial charge on any atom is -0.478 e. The molecule has 4 rings (SSSR count). The Labute approximate surface area is 185 Å². The summed E-state index contributed by atoms with van der Waals surface area (Å²) in [4.78, 5) is 36.6. The number of rotatable bonds is 6. The molecule has 1 atom stereocenters. The summed E-state index contributed by atoms with van der Waals surface area (Å²) in [7, 11) is 0. The highest BCUT2D eigenvalue weighted by Gasteiger charge is 2.32. The SMILES string of the molecule is C=CCn1c2c(c3ccccc31)C(=O)C(Cn1ccnc1C)CC2.O=C(O)C=CC(=O)O. The Bertz CT molecular complexity index is 1190. The largest absolute Gasteiger partial charge is 0.478 e. The van der Waals surface area contributed by atoms with Crippen LogP contribution in [0.15, 0.2) is 61.5 Å². The number of hydrogen-bond acceptors (Lipinski definition) is 4. The lowest BCUT2D eigenvalue weighted by Gasteiger charge is -2.23. The number of allylic oxidation sites excluding steroid dienone is 1. The molecule has 32 heavy (non-hydrogen) atoms. The van der Waals surface area contributed by atoms with Gasteiger partial charge < -0.3 is 19.3 Å². The zero-order chi connectivity index (χ0) is 23.3. The molecule has 8 nitrogen and oxygen atoms in total. The molecule has 1 aliphatic carbocycles. The van der Waals surface area contributed by atoms with Crippen LogP contribution in [0, 0.1) is 12.8 Å². The molecule has 0 aliphatic heterocycles. The number of fused-ring (bicyclic) bond motifs is 3. The number of ketones is 1. The number of aromatic nitrogens is 3. The van der Waals surface area contributed by atoms with E-state index < -0.39 is 11.9 Å². The van der Waals surface area contributed by atoms with E-state index in [1.54, 1.807) is 6.20 Å². The molecular formula is C24H25N3O5. The van der Waals surface area contributed by atoms with Crippen molar-refractivity contribution in [2.75, 3.05) is 0 Å². The molecule has 0 saturated heterocycles. The Hall–Kier alpha value is -3.94. The van der Waals surface area contributed by atoms with Gasteiger partial charge in [-0.2, -0.15) is 0 Å². The van der Waals surface area contributed by atoms with E-state index in [4.69, 9.17) is 10.2 Å². The van der Waals surface area contributed by atoms with Gasteiger partial charge >= 0.3 is 11.9 Å². The minimum atomic E-state index is -1.26. The molecule has 0 radical (unpaired) electrons. The van der Waals surface area contributed by atoms with Crippen molar-refractivity contribution in [2.45, 2.75) is 32.9 Å². The van der Waals surface area contributed by atoms with Crippen LogP contribution in [0.2, 0.25) is 0 Å². The highest BCUT2D eigenvalue weighted by molar-refractivity contribution is 6.11. The molecule has 0 bridgehead atoms. The van der Waals surface area contributed by atoms with Crippen LogP contribution in [0.25, 0.3) is 10.9 Å². The third kappa shape index (κ3) is 4.85. The number of Topliss-reactive ketones (excluding diaryl/α,β-unsaturated/α-hetero) is 1. The van der Waals surface area contributed by atoms with Gasteiger partial charge in [0.2, 0.25) is 0 Å². The van der Waals surface area contributed by atoms with Crippen molar-refractivity contribution in [3.63, 3.8) is 0 Å². The standard InChI is InChI=1S/C20H21N3O.C4H4O4/c1-3-11-23-17-7-5-4-6-16(17)19-18(23)9-8-15(20(19)24)13-22-12-10-21-14(22)2;5-3(6)1-2-4(7)8/h3-7,10,12,15H,1,8-9,11,13H2,2H3;1-2H,(H,5,6)(H,7,8). The van der Waals surface area contributed by atoms with Crippen LogP contribution >= 0.6 is 0 Å². The molecule has 1 aromatic carbocycles. The number of carboxylic acid groups (broad SMARTS) is 2. The number of carbonyl (C=O) groups is 3. The number of carboxylic acids is 2. The van der Waals surface area contributed by atoms with E-state index in [0.29, 0.717) is 18.7 Å². The van der Waals surface area contributed by atoms with Crippen LogP contribution in [0.3, 0.4) is 0 Å². The quantitative estimate of drug-likeness (QED) is 0.452. The molecule has 2 aromatic heterocycles. The minimum absolute atomic E-state index is 0.0217. The highest BCUT2D eigenvalue weighted by Crippen LogP contribution is 2.35. The third-order valence-corrected chi connectivity index (χ3v) is 5.45. The molecule has 1 aliphatic rings. The molecule has 2 N–H and O–H groups in total. The van der Waals surface area contributed by atoms with Crippen molar-refractivity contribution in [1.29, 1.82) is 0 Å². The normalized spacial score (nSPS) is 15.3. The van der Waals surface area contributed by atoms with E-state index in [2.05, 4.69) is 32.8 Å². The predicted octanol–water partition coefficient (Wildman–Crippen LogP) is 3.49. The van der Waals surface area contributed by atoms with Crippen molar-refractivity contribution in [1.82, 2.24) is 14.1 Å². The molecule has 0 fully saturated rings. The van der Waals surface area contributed by atoms with E-state index >= 15 is 0 Å². The first kappa shape index (κ1) is 22.7. The molecule has 166 valence electrons. The van der Waals surface area contributed by atoms with Crippen LogP contribution in [0.5, 0.6) is 0 Å². The van der Waals surface area contributed by atoms with Crippen LogP contribution in [-0.2, 0) is 29.1 Å². The number of hydrogen-bond donors (Lipinski definition) is 2. The topological polar surface area (TPSA) is 114 Å². The second kappa shape index (κ2) is 9.91. The molecule has 0 amide bonds. The van der Waals surface area contributed by atoms with Gasteiger partial charge in [0.05, 0.1) is 0 Å². The Morgan fingerprint density at radius 3 is 2.50 bits per heavy atom. The van der Waals surface area contributed by atoms with E-state index in [1.807, 2.05) is 31.3 Å². The lowest BCUT2D eigenvalue weighted by molar-refractivity contribution is -0.134. The summed E-state index contributed by atoms with van der Waals surface area (Å²) >= 11 is 0. The lowest BCUT2D eigenvalue weighted by Crippen LogP contribution is -2.27. The molecule has 0 saturated carbocycles. The van der Waals surface area contributed by atoms with Gasteiger partial charge in [-0.1, -0.05) is 24.3 Å². The highest BCUT2D eigenvalue weighted by atomic mass is 16.4. The van der Waals surface area contributed by atoms with Gasteiger partial charge in [-0.05, 0) is 25.8 Å². The summed E-state index contributed by atoms with van der Waals surface area (Å²) in [5, 5.41) is 16.7. The Morgan fingerprint density at radius 2 is 1.91 bits per heavy atom. The predicted molar refractivity (Wildman–Crippen MR) is 120 cm³/mol. The maximum atomic E-state index is 13.2. The number of carbonyl (C=O) groups excluding carboxylic acids is 1. The summed E-state index contributed by atoms with van der Waals surface area (Å²) in [6.07, 6.45) is 8.59. The fraction of sp³-hybridized carbons (Fsp3) is 0.250. The van der Waals surface area contributed by atoms with Crippen molar-refractivity contribution >= 4 is 28.6 Å². The fourth-order valence-corrected chi connectivity index (χ4v) is 4.03. The van der Waals surface area contributed by atoms with E-state index in [9.17, 15) is 14.4 Å². The first-order valence-corrected chi connectivity index (χ1v) is 10.2. The van der Waals surface area contributed by atoms with Gasteiger partial charge in [0.1, 0.15) is 5.82 Å². The van der Waals surface area contributed by atoms with Crippen LogP contribution in [-0.4, -0.2) is 42.1 Å². The first-order valence-electron chi connectivity index (χ1n) is 10.2. The van der Waals surface area contributed by atoms with E-state index in [-0.39, 0.29) is 11.7 Å². The summed E-state index contributed by atoms with van der Waals surface area (Å²) in [6, 6.07) is 8.21. The van der Waals surface area contributed by atoms with Crippen LogP contribution in [0.4, 0.5) is 0 Å². The molecular weight excluding hydrogens is 410 g/mol.